The predicted octanol–water partition coefficient (Wildman–Crippen LogP) is 6.78. The summed E-state index contributed by atoms with van der Waals surface area (Å²) in [7, 11) is 5.21. The standard InChI is InChI=1S/C37H39Cl2N3O7S/c1-41-23-10-11-24(41)15-25(14-23)49-37(45)34(21-7-5-4-6-8-21)40-18-26-16-28(35(50-26)36(43)44)27(17-29-30(38)19-42(46)20-31(29)39)22-9-12-32(47-2)33(13-22)48-3/h4-9,12-13,16,19-20,23-25,27,34,40H,10-11,14-15,17-18H2,1-3H3,(H,43,44)/t23?,24?,25?,27-,34?/m0/s1. The summed E-state index contributed by atoms with van der Waals surface area (Å²) in [5.74, 6) is -1.03. The van der Waals surface area contributed by atoms with Crippen LogP contribution in [0.4, 0.5) is 0 Å². The van der Waals surface area contributed by atoms with Gasteiger partial charge in [0, 0.05) is 35.0 Å². The van der Waals surface area contributed by atoms with Gasteiger partial charge in [0.05, 0.1) is 14.2 Å². The van der Waals surface area contributed by atoms with E-state index in [0.29, 0.717) is 44.3 Å². The average molecular weight is 741 g/mol. The largest absolute Gasteiger partial charge is 0.619 e. The van der Waals surface area contributed by atoms with Gasteiger partial charge >= 0.3 is 11.9 Å². The minimum Gasteiger partial charge on any atom is -0.619 e. The number of esters is 1. The summed E-state index contributed by atoms with van der Waals surface area (Å²) in [6, 6.07) is 16.7. The highest BCUT2D eigenvalue weighted by molar-refractivity contribution is 7.14. The highest BCUT2D eigenvalue weighted by Gasteiger charge is 2.40. The maximum Gasteiger partial charge on any atom is 0.346 e. The van der Waals surface area contributed by atoms with E-state index in [9.17, 15) is 19.9 Å². The van der Waals surface area contributed by atoms with Crippen LogP contribution in [0, 0.1) is 5.21 Å². The number of nitrogens with zero attached hydrogens (tertiary/aromatic N) is 2. The molecule has 2 aromatic heterocycles. The lowest BCUT2D eigenvalue weighted by Crippen LogP contribution is -2.44. The van der Waals surface area contributed by atoms with Crippen LogP contribution in [0.3, 0.4) is 0 Å². The summed E-state index contributed by atoms with van der Waals surface area (Å²) in [4.78, 5) is 29.8. The van der Waals surface area contributed by atoms with Crippen LogP contribution in [0.15, 0.2) is 67.0 Å². The lowest BCUT2D eigenvalue weighted by Gasteiger charge is -2.36. The molecule has 2 saturated heterocycles. The Hall–Kier alpha value is -3.87. The third-order valence-electron chi connectivity index (χ3n) is 9.84. The number of rotatable bonds is 13. The van der Waals surface area contributed by atoms with E-state index >= 15 is 0 Å². The first kappa shape index (κ1) is 35.9. The first-order valence-corrected chi connectivity index (χ1v) is 18.0. The molecule has 4 aromatic rings. The van der Waals surface area contributed by atoms with E-state index in [2.05, 4.69) is 17.3 Å². The molecule has 0 spiro atoms. The second-order valence-electron chi connectivity index (χ2n) is 12.8. The van der Waals surface area contributed by atoms with E-state index in [4.69, 9.17) is 37.4 Å². The first-order chi connectivity index (χ1) is 24.1. The first-order valence-electron chi connectivity index (χ1n) is 16.4. The number of piperidine rings is 1. The van der Waals surface area contributed by atoms with E-state index in [0.717, 1.165) is 48.1 Å². The molecule has 4 atom stereocenters. The molecule has 0 radical (unpaired) electrons. The maximum atomic E-state index is 13.8. The van der Waals surface area contributed by atoms with Gasteiger partial charge in [-0.3, -0.25) is 5.32 Å². The number of hydrogen-bond donors (Lipinski definition) is 2. The third-order valence-corrected chi connectivity index (χ3v) is 11.6. The van der Waals surface area contributed by atoms with Crippen LogP contribution in [0.5, 0.6) is 11.5 Å². The van der Waals surface area contributed by atoms with Crippen molar-refractivity contribution in [3.8, 4) is 11.5 Å². The number of carboxylic acids is 1. The second kappa shape index (κ2) is 15.6. The van der Waals surface area contributed by atoms with Crippen LogP contribution >= 0.6 is 34.5 Å². The Morgan fingerprint density at radius 3 is 2.28 bits per heavy atom. The van der Waals surface area contributed by atoms with Crippen LogP contribution in [-0.2, 0) is 22.5 Å². The number of pyridine rings is 1. The van der Waals surface area contributed by atoms with Crippen LogP contribution in [0.2, 0.25) is 10.0 Å². The molecule has 10 nitrogen and oxygen atoms in total. The van der Waals surface area contributed by atoms with Crippen LogP contribution in [0.1, 0.15) is 74.4 Å². The van der Waals surface area contributed by atoms with Crippen molar-refractivity contribution >= 4 is 46.5 Å². The van der Waals surface area contributed by atoms with Gasteiger partial charge in [-0.2, -0.15) is 4.73 Å². The molecule has 2 bridgehead atoms. The van der Waals surface area contributed by atoms with Crippen molar-refractivity contribution < 1.29 is 33.6 Å². The van der Waals surface area contributed by atoms with E-state index in [1.165, 1.54) is 26.6 Å². The molecule has 264 valence electrons. The smallest absolute Gasteiger partial charge is 0.346 e. The Morgan fingerprint density at radius 2 is 1.66 bits per heavy atom. The molecule has 2 N–H and O–H groups in total. The number of nitrogens with one attached hydrogen (secondary N) is 1. The van der Waals surface area contributed by atoms with Crippen LogP contribution in [-0.4, -0.2) is 61.4 Å². The highest BCUT2D eigenvalue weighted by Crippen LogP contribution is 2.41. The Kier molecular flexibility index (Phi) is 11.2. The van der Waals surface area contributed by atoms with Gasteiger partial charge in [-0.05, 0) is 74.0 Å². The predicted molar refractivity (Wildman–Crippen MR) is 192 cm³/mol. The van der Waals surface area contributed by atoms with E-state index in [1.54, 1.807) is 12.1 Å². The number of carbonyl (C=O) groups is 2. The lowest BCUT2D eigenvalue weighted by molar-refractivity contribution is -0.605. The van der Waals surface area contributed by atoms with Crippen LogP contribution < -0.4 is 19.5 Å². The molecule has 0 amide bonds. The molecule has 2 aliphatic heterocycles. The number of benzene rings is 2. The molecule has 2 aromatic carbocycles. The molecule has 4 heterocycles. The zero-order chi connectivity index (χ0) is 35.5. The quantitative estimate of drug-likeness (QED) is 0.0868. The SMILES string of the molecule is COc1ccc([C@H](Cc2c(Cl)c[n+]([O-])cc2Cl)c2cc(CNC(C(=O)OC3CC4CCC(C3)N4C)c3ccccc3)sc2C(=O)O)cc1OC. The van der Waals surface area contributed by atoms with Gasteiger partial charge in [0.25, 0.3) is 0 Å². The summed E-state index contributed by atoms with van der Waals surface area (Å²) in [5.41, 5.74) is 2.51. The van der Waals surface area contributed by atoms with E-state index in [1.807, 2.05) is 42.5 Å². The summed E-state index contributed by atoms with van der Waals surface area (Å²) < 4.78 is 17.7. The van der Waals surface area contributed by atoms with E-state index < -0.39 is 17.9 Å². The number of hydrogen-bond acceptors (Lipinski definition) is 9. The number of methoxy groups -OCH3 is 2. The zero-order valence-corrected chi connectivity index (χ0v) is 30.3. The van der Waals surface area contributed by atoms with Crippen molar-refractivity contribution in [3.63, 3.8) is 0 Å². The van der Waals surface area contributed by atoms with Crippen molar-refractivity contribution in [1.82, 2.24) is 10.2 Å². The van der Waals surface area contributed by atoms with Gasteiger partial charge in [-0.25, -0.2) is 9.59 Å². The topological polar surface area (TPSA) is 124 Å². The fourth-order valence-electron chi connectivity index (χ4n) is 7.25. The number of aromatic nitrogens is 1. The minimum absolute atomic E-state index is 0.129. The van der Waals surface area contributed by atoms with Crippen molar-refractivity contribution in [2.24, 2.45) is 0 Å². The molecule has 2 fully saturated rings. The summed E-state index contributed by atoms with van der Waals surface area (Å²) in [6.07, 6.45) is 6.35. The molecule has 2 aliphatic rings. The van der Waals surface area contributed by atoms with Gasteiger partial charge in [0.15, 0.2) is 23.9 Å². The molecule has 0 saturated carbocycles. The van der Waals surface area contributed by atoms with Crippen molar-refractivity contribution in [3.05, 3.63) is 114 Å². The normalized spacial score (nSPS) is 19.9. The van der Waals surface area contributed by atoms with Gasteiger partial charge in [-0.1, -0.05) is 59.6 Å². The van der Waals surface area contributed by atoms with E-state index in [-0.39, 0.29) is 40.0 Å². The average Bonchev–Trinajstić information content (AvgIpc) is 3.60. The fourth-order valence-corrected chi connectivity index (χ4v) is 8.86. The van der Waals surface area contributed by atoms with Gasteiger partial charge < -0.3 is 29.4 Å². The Bertz CT molecular complexity index is 1820. The maximum absolute atomic E-state index is 13.8. The number of halogens is 2. The summed E-state index contributed by atoms with van der Waals surface area (Å²) in [5, 5.41) is 26.1. The van der Waals surface area contributed by atoms with Crippen molar-refractivity contribution in [2.45, 2.75) is 68.8 Å². The number of fused-ring (bicyclic) bond motifs is 2. The van der Waals surface area contributed by atoms with Gasteiger partial charge in [0.2, 0.25) is 0 Å². The minimum atomic E-state index is -1.10. The monoisotopic (exact) mass is 739 g/mol. The second-order valence-corrected chi connectivity index (χ2v) is 14.7. The van der Waals surface area contributed by atoms with Gasteiger partial charge in [0.1, 0.15) is 27.1 Å². The van der Waals surface area contributed by atoms with Crippen molar-refractivity contribution in [2.75, 3.05) is 21.3 Å². The number of aromatic carboxylic acids is 1. The molecular formula is C37H39Cl2N3O7S. The van der Waals surface area contributed by atoms with Gasteiger partial charge in [-0.15, -0.1) is 11.3 Å². The summed E-state index contributed by atoms with van der Waals surface area (Å²) >= 11 is 14.2. The Labute approximate surface area is 305 Å². The van der Waals surface area contributed by atoms with Crippen molar-refractivity contribution in [1.29, 1.82) is 0 Å². The highest BCUT2D eigenvalue weighted by atomic mass is 35.5. The molecule has 13 heteroatoms. The zero-order valence-electron chi connectivity index (χ0n) is 27.9. The number of ether oxygens (including phenoxy) is 3. The number of carboxylic acid groups (broad SMARTS) is 1. The molecule has 6 rings (SSSR count). The molecule has 0 aliphatic carbocycles. The Balaban J connectivity index is 1.31. The molecule has 3 unspecified atom stereocenters. The number of carbonyl (C=O) groups excluding carboxylic acids is 1. The summed E-state index contributed by atoms with van der Waals surface area (Å²) in [6.45, 7) is 0.208. The lowest BCUT2D eigenvalue weighted by atomic mass is 9.85. The number of thiophene rings is 1. The van der Waals surface area contributed by atoms with Crippen LogP contribution in [0.25, 0.3) is 0 Å². The molecule has 50 heavy (non-hydrogen) atoms. The molecular weight excluding hydrogens is 701 g/mol. The Morgan fingerprint density at radius 1 is 1.00 bits per heavy atom. The fraction of sp³-hybridized carbons (Fsp3) is 0.378. The third kappa shape index (κ3) is 7.72.